The van der Waals surface area contributed by atoms with E-state index in [1.54, 1.807) is 0 Å². The van der Waals surface area contributed by atoms with Crippen molar-refractivity contribution in [2.24, 2.45) is 0 Å². The van der Waals surface area contributed by atoms with Crippen LogP contribution in [0.2, 0.25) is 0 Å². The van der Waals surface area contributed by atoms with Crippen molar-refractivity contribution >= 4 is 7.69 Å². The van der Waals surface area contributed by atoms with Crippen LogP contribution >= 0.6 is 0 Å². The van der Waals surface area contributed by atoms with E-state index in [1.807, 2.05) is 0 Å². The maximum Gasteiger partial charge on any atom is 0.435 e. The lowest BCUT2D eigenvalue weighted by Gasteiger charge is -2.04. The highest BCUT2D eigenvalue weighted by Crippen LogP contribution is 1.84. The smallest absolute Gasteiger partial charge is 0.430 e. The van der Waals surface area contributed by atoms with Gasteiger partial charge in [0.2, 0.25) is 0 Å². The molecule has 0 aliphatic rings. The molecule has 122 valence electrons. The second kappa shape index (κ2) is 23.8. The summed E-state index contributed by atoms with van der Waals surface area (Å²) < 4.78 is 19.7. The Kier molecular flexibility index (Phi) is 26.3. The molecule has 0 aromatic rings. The van der Waals surface area contributed by atoms with Gasteiger partial charge in [-0.3, -0.25) is 0 Å². The third-order valence-corrected chi connectivity index (χ3v) is 1.95. The first kappa shape index (κ1) is 22.1. The van der Waals surface area contributed by atoms with Gasteiger partial charge in [-0.25, -0.2) is 0 Å². The number of aliphatic hydroxyl groups excluding tert-OH is 2. The minimum atomic E-state index is -0.139. The largest absolute Gasteiger partial charge is 0.435 e. The Balaban J connectivity index is 0. The van der Waals surface area contributed by atoms with Gasteiger partial charge >= 0.3 is 7.69 Å². The number of hydrogen-bond donors (Lipinski definition) is 3. The highest BCUT2D eigenvalue weighted by molar-refractivity contribution is 6.15. The molecule has 0 aromatic heterocycles. The first-order valence-electron chi connectivity index (χ1n) is 6.97. The Morgan fingerprint density at radius 3 is 1.55 bits per heavy atom. The third-order valence-electron chi connectivity index (χ3n) is 1.95. The quantitative estimate of drug-likeness (QED) is 0.282. The van der Waals surface area contributed by atoms with Crippen LogP contribution in [0.5, 0.6) is 0 Å². The van der Waals surface area contributed by atoms with E-state index in [0.717, 1.165) is 12.8 Å². The second-order valence-corrected chi connectivity index (χ2v) is 3.68. The predicted molar refractivity (Wildman–Crippen MR) is 76.9 cm³/mol. The van der Waals surface area contributed by atoms with E-state index in [9.17, 15) is 0 Å². The maximum atomic E-state index is 8.36. The van der Waals surface area contributed by atoms with Crippen LogP contribution < -0.4 is 0 Å². The van der Waals surface area contributed by atoms with E-state index in [-0.39, 0.29) is 20.9 Å². The summed E-state index contributed by atoms with van der Waals surface area (Å²) in [5.41, 5.74) is 0. The summed E-state index contributed by atoms with van der Waals surface area (Å²) in [4.78, 5) is 0. The van der Waals surface area contributed by atoms with E-state index in [4.69, 9.17) is 29.4 Å². The highest BCUT2D eigenvalue weighted by atomic mass is 16.5. The summed E-state index contributed by atoms with van der Waals surface area (Å²) in [6.45, 7) is 5.54. The minimum absolute atomic E-state index is 0.0413. The molecule has 0 aliphatic carbocycles. The summed E-state index contributed by atoms with van der Waals surface area (Å²) in [5, 5.41) is 24.8. The Morgan fingerprint density at radius 1 is 0.750 bits per heavy atom. The molecule has 0 saturated heterocycles. The zero-order valence-corrected chi connectivity index (χ0v) is 12.5. The van der Waals surface area contributed by atoms with Crippen molar-refractivity contribution in [3.63, 3.8) is 0 Å². The lowest BCUT2D eigenvalue weighted by Crippen LogP contribution is -2.11. The van der Waals surface area contributed by atoms with E-state index < -0.39 is 0 Å². The Morgan fingerprint density at radius 2 is 1.20 bits per heavy atom. The molecule has 0 aliphatic heterocycles. The van der Waals surface area contributed by atoms with Crippen LogP contribution in [0, 0.1) is 0 Å². The lowest BCUT2D eigenvalue weighted by atomic mass is 10.3. The first-order valence-corrected chi connectivity index (χ1v) is 6.97. The maximum absolute atomic E-state index is 8.36. The van der Waals surface area contributed by atoms with Crippen LogP contribution in [0.1, 0.15) is 19.8 Å². The third kappa shape index (κ3) is 26.4. The Bertz CT molecular complexity index is 138. The average molecular weight is 296 g/mol. The molecule has 0 spiro atoms. The molecule has 8 heteroatoms. The minimum Gasteiger partial charge on any atom is -0.430 e. The van der Waals surface area contributed by atoms with Crippen molar-refractivity contribution in [3.05, 3.63) is 0 Å². The number of hydrogen-bond acceptors (Lipinski definition) is 7. The van der Waals surface area contributed by atoms with Gasteiger partial charge in [-0.05, 0) is 6.42 Å². The standard InChI is InChI=1S/C8H18O5.C4H11BO2/c9-1-3-11-5-7-13-8-6-12-4-2-10;1-2-3-4-7-5-6/h9-10H,1-8H2;5-6H,2-4H2,1H3. The van der Waals surface area contributed by atoms with Gasteiger partial charge < -0.3 is 34.1 Å². The molecule has 0 amide bonds. The molecule has 3 N–H and O–H groups in total. The molecule has 0 rings (SSSR count). The van der Waals surface area contributed by atoms with Gasteiger partial charge in [-0.2, -0.15) is 0 Å². The summed E-state index contributed by atoms with van der Waals surface area (Å²) in [6.07, 6.45) is 2.17. The van der Waals surface area contributed by atoms with E-state index in [1.165, 1.54) is 0 Å². The van der Waals surface area contributed by atoms with Crippen molar-refractivity contribution in [2.75, 3.05) is 59.5 Å². The Labute approximate surface area is 122 Å². The van der Waals surface area contributed by atoms with Gasteiger partial charge in [0.15, 0.2) is 0 Å². The molecule has 0 radical (unpaired) electrons. The normalized spacial score (nSPS) is 10.0. The van der Waals surface area contributed by atoms with E-state index in [2.05, 4.69) is 11.6 Å². The second-order valence-electron chi connectivity index (χ2n) is 3.68. The van der Waals surface area contributed by atoms with Gasteiger partial charge in [-0.15, -0.1) is 0 Å². The van der Waals surface area contributed by atoms with Crippen molar-refractivity contribution in [3.8, 4) is 0 Å². The number of unbranched alkanes of at least 4 members (excludes halogenated alkanes) is 1. The fourth-order valence-electron chi connectivity index (χ4n) is 0.982. The van der Waals surface area contributed by atoms with E-state index in [0.29, 0.717) is 46.2 Å². The van der Waals surface area contributed by atoms with Gasteiger partial charge in [0.05, 0.1) is 52.9 Å². The number of rotatable bonds is 14. The van der Waals surface area contributed by atoms with Gasteiger partial charge in [-0.1, -0.05) is 13.3 Å². The first-order chi connectivity index (χ1) is 9.83. The fraction of sp³-hybridized carbons (Fsp3) is 1.00. The number of ether oxygens (including phenoxy) is 3. The van der Waals surface area contributed by atoms with Crippen LogP contribution in [-0.2, 0) is 18.9 Å². The average Bonchev–Trinajstić information content (AvgIpc) is 2.47. The summed E-state index contributed by atoms with van der Waals surface area (Å²) in [7, 11) is -0.139. The van der Waals surface area contributed by atoms with Crippen LogP contribution in [0.3, 0.4) is 0 Å². The molecule has 0 atom stereocenters. The fourth-order valence-corrected chi connectivity index (χ4v) is 0.982. The van der Waals surface area contributed by atoms with Crippen molar-refractivity contribution in [1.29, 1.82) is 0 Å². The zero-order chi connectivity index (χ0) is 15.3. The van der Waals surface area contributed by atoms with E-state index >= 15 is 0 Å². The van der Waals surface area contributed by atoms with Crippen LogP contribution in [0.25, 0.3) is 0 Å². The zero-order valence-electron chi connectivity index (χ0n) is 12.5. The number of aliphatic hydroxyl groups is 2. The molecule has 0 aromatic carbocycles. The predicted octanol–water partition coefficient (Wildman–Crippen LogP) is -0.917. The van der Waals surface area contributed by atoms with Crippen molar-refractivity contribution in [2.45, 2.75) is 19.8 Å². The molecule has 0 fully saturated rings. The van der Waals surface area contributed by atoms with Crippen LogP contribution in [-0.4, -0.2) is 82.4 Å². The van der Waals surface area contributed by atoms with Gasteiger partial charge in [0, 0.05) is 6.61 Å². The van der Waals surface area contributed by atoms with Crippen molar-refractivity contribution < 1.29 is 34.1 Å². The summed E-state index contributed by atoms with van der Waals surface area (Å²) in [6, 6.07) is 0. The molecule has 0 saturated carbocycles. The summed E-state index contributed by atoms with van der Waals surface area (Å²) >= 11 is 0. The molecular weight excluding hydrogens is 267 g/mol. The molecule has 0 bridgehead atoms. The highest BCUT2D eigenvalue weighted by Gasteiger charge is 1.90. The topological polar surface area (TPSA) is 97.6 Å². The molecular formula is C12H29BO7. The molecule has 0 heterocycles. The lowest BCUT2D eigenvalue weighted by molar-refractivity contribution is 0.00230. The molecule has 0 unspecified atom stereocenters. The molecule has 7 nitrogen and oxygen atoms in total. The monoisotopic (exact) mass is 296 g/mol. The van der Waals surface area contributed by atoms with Crippen molar-refractivity contribution in [1.82, 2.24) is 0 Å². The van der Waals surface area contributed by atoms with Gasteiger partial charge in [0.25, 0.3) is 0 Å². The van der Waals surface area contributed by atoms with Crippen LogP contribution in [0.15, 0.2) is 0 Å². The van der Waals surface area contributed by atoms with Crippen LogP contribution in [0.4, 0.5) is 0 Å². The van der Waals surface area contributed by atoms with Gasteiger partial charge in [0.1, 0.15) is 0 Å². The summed E-state index contributed by atoms with van der Waals surface area (Å²) in [5.74, 6) is 0. The molecule has 20 heavy (non-hydrogen) atoms. The SMILES string of the molecule is CCCCOBO.OCCOCCOCCOCCO. The Hall–Kier alpha value is -0.215.